The molecule has 0 spiro atoms. The number of aromatic nitrogens is 2. The summed E-state index contributed by atoms with van der Waals surface area (Å²) in [4.78, 5) is 23.6. The molecule has 29 heavy (non-hydrogen) atoms. The lowest BCUT2D eigenvalue weighted by Gasteiger charge is -2.05. The van der Waals surface area contributed by atoms with Crippen molar-refractivity contribution in [1.82, 2.24) is 20.5 Å². The summed E-state index contributed by atoms with van der Waals surface area (Å²) in [5.41, 5.74) is 7.09. The summed E-state index contributed by atoms with van der Waals surface area (Å²) in [5.74, 6) is -1.08. The van der Waals surface area contributed by atoms with Crippen LogP contribution >= 0.6 is 0 Å². The minimum atomic E-state index is -0.852. The fraction of sp³-hybridized carbons (Fsp3) is 0.238. The normalized spacial score (nSPS) is 11.0. The van der Waals surface area contributed by atoms with Crippen LogP contribution in [0.25, 0.3) is 0 Å². The van der Waals surface area contributed by atoms with Crippen molar-refractivity contribution in [3.05, 3.63) is 76.5 Å². The average Bonchev–Trinajstić information content (AvgIpc) is 3.31. The third kappa shape index (κ3) is 5.19. The first-order valence-corrected chi connectivity index (χ1v) is 9.17. The van der Waals surface area contributed by atoms with Crippen LogP contribution in [0.15, 0.2) is 52.2 Å². The molecule has 0 saturated heterocycles. The third-order valence-electron chi connectivity index (χ3n) is 4.46. The Balaban J connectivity index is 1.58. The van der Waals surface area contributed by atoms with Crippen molar-refractivity contribution in [3.8, 4) is 0 Å². The van der Waals surface area contributed by atoms with E-state index in [4.69, 9.17) is 4.42 Å². The van der Waals surface area contributed by atoms with Gasteiger partial charge in [-0.15, -0.1) is 0 Å². The molecule has 0 unspecified atom stereocenters. The molecule has 2 heterocycles. The number of benzene rings is 1. The van der Waals surface area contributed by atoms with E-state index in [1.54, 1.807) is 12.1 Å². The van der Waals surface area contributed by atoms with Crippen LogP contribution in [-0.2, 0) is 22.7 Å². The van der Waals surface area contributed by atoms with Gasteiger partial charge >= 0.3 is 11.8 Å². The van der Waals surface area contributed by atoms with E-state index in [0.717, 1.165) is 22.5 Å². The van der Waals surface area contributed by atoms with Gasteiger partial charge < -0.3 is 9.73 Å². The predicted octanol–water partition coefficient (Wildman–Crippen LogP) is 2.22. The third-order valence-corrected chi connectivity index (χ3v) is 4.46. The van der Waals surface area contributed by atoms with Crippen molar-refractivity contribution >= 4 is 18.0 Å². The van der Waals surface area contributed by atoms with Gasteiger partial charge in [-0.05, 0) is 38.5 Å². The molecular weight excluding hydrogens is 370 g/mol. The van der Waals surface area contributed by atoms with Crippen LogP contribution < -0.4 is 10.7 Å². The summed E-state index contributed by atoms with van der Waals surface area (Å²) in [6, 6.07) is 11.7. The van der Waals surface area contributed by atoms with Gasteiger partial charge in [0, 0.05) is 11.3 Å². The number of furan rings is 1. The summed E-state index contributed by atoms with van der Waals surface area (Å²) >= 11 is 0. The summed E-state index contributed by atoms with van der Waals surface area (Å²) in [6.45, 7) is 6.63. The zero-order valence-corrected chi connectivity index (χ0v) is 16.6. The zero-order chi connectivity index (χ0) is 20.8. The van der Waals surface area contributed by atoms with Crippen LogP contribution in [0.1, 0.15) is 33.8 Å². The Labute approximate surface area is 168 Å². The minimum Gasteiger partial charge on any atom is -0.467 e. The predicted molar refractivity (Wildman–Crippen MR) is 108 cm³/mol. The molecule has 0 bridgehead atoms. The molecule has 0 saturated carbocycles. The average molecular weight is 393 g/mol. The fourth-order valence-electron chi connectivity index (χ4n) is 2.79. The van der Waals surface area contributed by atoms with Gasteiger partial charge in [-0.1, -0.05) is 29.8 Å². The second-order valence-corrected chi connectivity index (χ2v) is 6.69. The summed E-state index contributed by atoms with van der Waals surface area (Å²) in [7, 11) is 0. The van der Waals surface area contributed by atoms with Gasteiger partial charge in [0.2, 0.25) is 0 Å². The van der Waals surface area contributed by atoms with Crippen LogP contribution in [-0.4, -0.2) is 27.8 Å². The smallest absolute Gasteiger partial charge is 0.329 e. The zero-order valence-electron chi connectivity index (χ0n) is 16.6. The molecule has 3 rings (SSSR count). The molecule has 2 aromatic heterocycles. The lowest BCUT2D eigenvalue weighted by molar-refractivity contribution is -0.139. The molecule has 0 radical (unpaired) electrons. The van der Waals surface area contributed by atoms with E-state index in [1.165, 1.54) is 18.0 Å². The van der Waals surface area contributed by atoms with Gasteiger partial charge in [-0.2, -0.15) is 10.2 Å². The summed E-state index contributed by atoms with van der Waals surface area (Å²) in [6.07, 6.45) is 3.00. The van der Waals surface area contributed by atoms with E-state index in [0.29, 0.717) is 12.3 Å². The monoisotopic (exact) mass is 393 g/mol. The number of rotatable bonds is 6. The van der Waals surface area contributed by atoms with Crippen molar-refractivity contribution in [3.63, 3.8) is 0 Å². The number of carbonyl (C=O) groups excluding carboxylic acids is 2. The molecule has 150 valence electrons. The van der Waals surface area contributed by atoms with E-state index in [9.17, 15) is 9.59 Å². The van der Waals surface area contributed by atoms with E-state index in [-0.39, 0.29) is 6.54 Å². The number of carbonyl (C=O) groups is 2. The van der Waals surface area contributed by atoms with Gasteiger partial charge in [0.15, 0.2) is 0 Å². The van der Waals surface area contributed by atoms with Gasteiger partial charge in [-0.25, -0.2) is 5.43 Å². The highest BCUT2D eigenvalue weighted by molar-refractivity contribution is 6.35. The SMILES string of the molecule is Cc1ccc(Cn2nc(C)c(/C=N\NC(=O)C(=O)NCc3ccco3)c2C)cc1. The molecule has 3 aromatic rings. The minimum absolute atomic E-state index is 0.132. The number of hydrazone groups is 1. The number of amides is 2. The first-order valence-electron chi connectivity index (χ1n) is 9.17. The summed E-state index contributed by atoms with van der Waals surface area (Å²) in [5, 5.41) is 10.9. The molecule has 2 amide bonds. The lowest BCUT2D eigenvalue weighted by atomic mass is 10.1. The number of hydrogen-bond donors (Lipinski definition) is 2. The van der Waals surface area contributed by atoms with Gasteiger partial charge in [0.1, 0.15) is 5.76 Å². The number of aryl methyl sites for hydroxylation is 2. The van der Waals surface area contributed by atoms with E-state index in [1.807, 2.05) is 25.5 Å². The molecule has 1 aromatic carbocycles. The maximum absolute atomic E-state index is 11.8. The van der Waals surface area contributed by atoms with Gasteiger partial charge in [0.05, 0.1) is 31.3 Å². The number of nitrogens with zero attached hydrogens (tertiary/aromatic N) is 3. The highest BCUT2D eigenvalue weighted by atomic mass is 16.3. The Bertz CT molecular complexity index is 1020. The molecule has 0 fully saturated rings. The molecule has 8 nitrogen and oxygen atoms in total. The second kappa shape index (κ2) is 9.01. The van der Waals surface area contributed by atoms with Crippen LogP contribution in [0.2, 0.25) is 0 Å². The van der Waals surface area contributed by atoms with Crippen molar-refractivity contribution in [2.75, 3.05) is 0 Å². The van der Waals surface area contributed by atoms with E-state index < -0.39 is 11.8 Å². The Hall–Kier alpha value is -3.68. The molecule has 0 aliphatic heterocycles. The highest BCUT2D eigenvalue weighted by Crippen LogP contribution is 2.13. The van der Waals surface area contributed by atoms with Crippen LogP contribution in [0.5, 0.6) is 0 Å². The van der Waals surface area contributed by atoms with Gasteiger partial charge in [-0.3, -0.25) is 14.3 Å². The number of nitrogens with one attached hydrogen (secondary N) is 2. The van der Waals surface area contributed by atoms with Crippen molar-refractivity contribution in [2.24, 2.45) is 5.10 Å². The van der Waals surface area contributed by atoms with Crippen molar-refractivity contribution in [1.29, 1.82) is 0 Å². The maximum Gasteiger partial charge on any atom is 0.329 e. The standard InChI is InChI=1S/C21H23N5O3/c1-14-6-8-17(9-7-14)13-26-16(3)19(15(2)25-26)12-23-24-21(28)20(27)22-11-18-5-4-10-29-18/h4-10,12H,11,13H2,1-3H3,(H,22,27)(H,24,28)/b23-12-. The molecule has 0 atom stereocenters. The second-order valence-electron chi connectivity index (χ2n) is 6.69. The molecule has 0 aliphatic rings. The molecule has 8 heteroatoms. The quantitative estimate of drug-likeness (QED) is 0.381. The first-order chi connectivity index (χ1) is 13.9. The van der Waals surface area contributed by atoms with Crippen molar-refractivity contribution < 1.29 is 14.0 Å². The maximum atomic E-state index is 11.8. The Morgan fingerprint density at radius 2 is 1.90 bits per heavy atom. The fourth-order valence-corrected chi connectivity index (χ4v) is 2.79. The molecule has 2 N–H and O–H groups in total. The van der Waals surface area contributed by atoms with Crippen LogP contribution in [0, 0.1) is 20.8 Å². The highest BCUT2D eigenvalue weighted by Gasteiger charge is 2.14. The molecular formula is C21H23N5O3. The summed E-state index contributed by atoms with van der Waals surface area (Å²) < 4.78 is 6.98. The number of hydrogen-bond acceptors (Lipinski definition) is 5. The van der Waals surface area contributed by atoms with E-state index in [2.05, 4.69) is 45.2 Å². The van der Waals surface area contributed by atoms with Gasteiger partial charge in [0.25, 0.3) is 0 Å². The topological polar surface area (TPSA) is 102 Å². The molecule has 0 aliphatic carbocycles. The van der Waals surface area contributed by atoms with Crippen LogP contribution in [0.3, 0.4) is 0 Å². The Kier molecular flexibility index (Phi) is 6.23. The van der Waals surface area contributed by atoms with Crippen LogP contribution in [0.4, 0.5) is 0 Å². The lowest BCUT2D eigenvalue weighted by Crippen LogP contribution is -2.37. The Morgan fingerprint density at radius 3 is 2.59 bits per heavy atom. The van der Waals surface area contributed by atoms with Crippen molar-refractivity contribution in [2.45, 2.75) is 33.9 Å². The Morgan fingerprint density at radius 1 is 1.14 bits per heavy atom. The largest absolute Gasteiger partial charge is 0.467 e. The first kappa shape index (κ1) is 20.1. The van der Waals surface area contributed by atoms with E-state index >= 15 is 0 Å².